The fourth-order valence-corrected chi connectivity index (χ4v) is 4.10. The summed E-state index contributed by atoms with van der Waals surface area (Å²) in [5.41, 5.74) is 0.889. The molecule has 1 aliphatic heterocycles. The summed E-state index contributed by atoms with van der Waals surface area (Å²) < 4.78 is 28.8. The predicted molar refractivity (Wildman–Crippen MR) is 104 cm³/mol. The highest BCUT2D eigenvalue weighted by molar-refractivity contribution is 7.89. The van der Waals surface area contributed by atoms with Crippen LogP contribution in [0.2, 0.25) is 0 Å². The molecule has 9 heteroatoms. The average Bonchev–Trinajstić information content (AvgIpc) is 3.04. The Labute approximate surface area is 161 Å². The van der Waals surface area contributed by atoms with Gasteiger partial charge in [-0.3, -0.25) is 0 Å². The van der Waals surface area contributed by atoms with Gasteiger partial charge in [0.1, 0.15) is 0 Å². The van der Waals surface area contributed by atoms with E-state index in [-0.39, 0.29) is 22.5 Å². The van der Waals surface area contributed by atoms with Crippen LogP contribution in [-0.2, 0) is 15.4 Å². The Kier molecular flexibility index (Phi) is 5.02. The molecule has 3 rings (SSSR count). The third-order valence-electron chi connectivity index (χ3n) is 4.94. The fraction of sp³-hybridized carbons (Fsp3) is 0.611. The van der Waals surface area contributed by atoms with Gasteiger partial charge in [0, 0.05) is 37.8 Å². The van der Waals surface area contributed by atoms with E-state index in [0.717, 1.165) is 11.5 Å². The molecular weight excluding hydrogens is 364 g/mol. The Hall–Kier alpha value is -2.00. The first-order valence-corrected chi connectivity index (χ1v) is 10.5. The number of hydrogen-bond acceptors (Lipinski definition) is 6. The number of aromatic nitrogens is 4. The first-order chi connectivity index (χ1) is 12.5. The van der Waals surface area contributed by atoms with Crippen molar-refractivity contribution in [3.8, 4) is 0 Å². The summed E-state index contributed by atoms with van der Waals surface area (Å²) >= 11 is 0. The lowest BCUT2D eigenvalue weighted by atomic mass is 9.92. The number of sulfonamides is 1. The van der Waals surface area contributed by atoms with Crippen LogP contribution in [0.3, 0.4) is 0 Å². The van der Waals surface area contributed by atoms with Crippen LogP contribution in [0.25, 0.3) is 0 Å². The number of hydrogen-bond donors (Lipinski definition) is 0. The van der Waals surface area contributed by atoms with Gasteiger partial charge in [-0.1, -0.05) is 20.8 Å². The van der Waals surface area contributed by atoms with E-state index in [4.69, 9.17) is 0 Å². The van der Waals surface area contributed by atoms with Crippen molar-refractivity contribution in [3.63, 3.8) is 0 Å². The molecule has 0 saturated carbocycles. The second kappa shape index (κ2) is 6.87. The zero-order valence-corrected chi connectivity index (χ0v) is 17.6. The quantitative estimate of drug-likeness (QED) is 0.774. The van der Waals surface area contributed by atoms with E-state index in [1.54, 1.807) is 24.1 Å². The summed E-state index contributed by atoms with van der Waals surface area (Å²) in [7, 11) is -1.99. The molecule has 0 N–H and O–H groups in total. The molecule has 0 aliphatic carbocycles. The molecule has 0 atom stereocenters. The topological polar surface area (TPSA) is 84.2 Å². The van der Waals surface area contributed by atoms with Crippen LogP contribution in [0.15, 0.2) is 29.7 Å². The second-order valence-corrected chi connectivity index (χ2v) is 10.3. The summed E-state index contributed by atoms with van der Waals surface area (Å²) in [6, 6.07) is 3.99. The van der Waals surface area contributed by atoms with Crippen molar-refractivity contribution in [2.24, 2.45) is 0 Å². The highest BCUT2D eigenvalue weighted by Gasteiger charge is 2.38. The zero-order valence-electron chi connectivity index (χ0n) is 16.8. The Balaban J connectivity index is 1.66. The van der Waals surface area contributed by atoms with Gasteiger partial charge in [0.15, 0.2) is 10.8 Å². The summed E-state index contributed by atoms with van der Waals surface area (Å²) in [6.07, 6.45) is 3.15. The van der Waals surface area contributed by atoms with Crippen molar-refractivity contribution in [1.82, 2.24) is 24.1 Å². The van der Waals surface area contributed by atoms with Crippen molar-refractivity contribution in [2.75, 3.05) is 25.0 Å². The fourth-order valence-electron chi connectivity index (χ4n) is 2.84. The van der Waals surface area contributed by atoms with E-state index in [0.29, 0.717) is 13.1 Å². The first kappa shape index (κ1) is 19.8. The summed E-state index contributed by atoms with van der Waals surface area (Å²) in [5.74, 6) is 0.772. The maximum Gasteiger partial charge on any atom is 0.262 e. The number of anilines is 1. The lowest BCUT2D eigenvalue weighted by molar-refractivity contribution is 0.308. The molecule has 0 radical (unpaired) electrons. The number of nitrogens with zero attached hydrogens (tertiary/aromatic N) is 6. The number of rotatable bonds is 5. The molecule has 0 unspecified atom stereocenters. The lowest BCUT2D eigenvalue weighted by Crippen LogP contribution is -2.60. The molecule has 0 aromatic carbocycles. The van der Waals surface area contributed by atoms with Crippen LogP contribution in [0.1, 0.15) is 46.4 Å². The van der Waals surface area contributed by atoms with Gasteiger partial charge in [0.2, 0.25) is 0 Å². The molecule has 2 aromatic heterocycles. The lowest BCUT2D eigenvalue weighted by Gasteiger charge is -2.43. The van der Waals surface area contributed by atoms with Gasteiger partial charge in [0.25, 0.3) is 10.0 Å². The molecule has 2 aromatic rings. The smallest absolute Gasteiger partial charge is 0.262 e. The third kappa shape index (κ3) is 3.84. The predicted octanol–water partition coefficient (Wildman–Crippen LogP) is 2.06. The largest absolute Gasteiger partial charge is 0.352 e. The van der Waals surface area contributed by atoms with Crippen LogP contribution in [0.5, 0.6) is 0 Å². The summed E-state index contributed by atoms with van der Waals surface area (Å²) in [4.78, 5) is 6.11. The molecule has 0 spiro atoms. The van der Waals surface area contributed by atoms with Crippen molar-refractivity contribution >= 4 is 15.8 Å². The van der Waals surface area contributed by atoms with Gasteiger partial charge in [0.05, 0.1) is 18.1 Å². The van der Waals surface area contributed by atoms with Gasteiger partial charge in [-0.15, -0.1) is 5.10 Å². The Bertz CT molecular complexity index is 893. The van der Waals surface area contributed by atoms with Gasteiger partial charge < -0.3 is 9.47 Å². The first-order valence-electron chi connectivity index (χ1n) is 9.11. The second-order valence-electron chi connectivity index (χ2n) is 8.36. The number of imidazole rings is 1. The van der Waals surface area contributed by atoms with Crippen LogP contribution in [0.4, 0.5) is 5.82 Å². The van der Waals surface area contributed by atoms with E-state index in [9.17, 15) is 8.42 Å². The SMILES string of the molecule is CC(C)n1cnc(S(=O)(=O)N(C)C2CN(c3ccc(C(C)(C)C)nn3)C2)c1. The van der Waals surface area contributed by atoms with Crippen molar-refractivity contribution in [1.29, 1.82) is 0 Å². The molecule has 1 aliphatic rings. The van der Waals surface area contributed by atoms with Crippen LogP contribution in [0, 0.1) is 0 Å². The van der Waals surface area contributed by atoms with Gasteiger partial charge in [-0.05, 0) is 26.0 Å². The molecule has 1 fully saturated rings. The minimum atomic E-state index is -3.60. The van der Waals surface area contributed by atoms with E-state index in [2.05, 4.69) is 36.0 Å². The van der Waals surface area contributed by atoms with Gasteiger partial charge in [-0.25, -0.2) is 13.4 Å². The Morgan fingerprint density at radius 2 is 1.85 bits per heavy atom. The van der Waals surface area contributed by atoms with Crippen molar-refractivity contribution in [2.45, 2.75) is 57.1 Å². The highest BCUT2D eigenvalue weighted by atomic mass is 32.2. The zero-order chi connectivity index (χ0) is 20.0. The van der Waals surface area contributed by atoms with Crippen molar-refractivity contribution in [3.05, 3.63) is 30.4 Å². The number of likely N-dealkylation sites (N-methyl/N-ethyl adjacent to an activating group) is 1. The maximum absolute atomic E-state index is 12.8. The molecule has 8 nitrogen and oxygen atoms in total. The molecular formula is C18H28N6O2S. The minimum absolute atomic E-state index is 0.0449. The molecule has 148 valence electrons. The Morgan fingerprint density at radius 1 is 1.19 bits per heavy atom. The molecule has 0 bridgehead atoms. The van der Waals surface area contributed by atoms with Crippen LogP contribution >= 0.6 is 0 Å². The van der Waals surface area contributed by atoms with E-state index in [1.807, 2.05) is 30.9 Å². The molecule has 0 amide bonds. The highest BCUT2D eigenvalue weighted by Crippen LogP contribution is 2.26. The van der Waals surface area contributed by atoms with E-state index >= 15 is 0 Å². The Morgan fingerprint density at radius 3 is 2.33 bits per heavy atom. The minimum Gasteiger partial charge on any atom is -0.352 e. The van der Waals surface area contributed by atoms with Crippen LogP contribution in [-0.4, -0.2) is 58.7 Å². The summed E-state index contributed by atoms with van der Waals surface area (Å²) in [5, 5.41) is 8.69. The van der Waals surface area contributed by atoms with Crippen molar-refractivity contribution < 1.29 is 8.42 Å². The van der Waals surface area contributed by atoms with E-state index < -0.39 is 10.0 Å². The monoisotopic (exact) mass is 392 g/mol. The van der Waals surface area contributed by atoms with Gasteiger partial charge in [-0.2, -0.15) is 9.40 Å². The van der Waals surface area contributed by atoms with E-state index in [1.165, 1.54) is 4.31 Å². The average molecular weight is 393 g/mol. The third-order valence-corrected chi connectivity index (χ3v) is 6.73. The standard InChI is InChI=1S/C18H28N6O2S/c1-13(2)24-11-17(19-12-24)27(25,26)22(6)14-9-23(10-14)16-8-7-15(20-21-16)18(3,4)5/h7-8,11-14H,9-10H2,1-6H3. The van der Waals surface area contributed by atoms with Gasteiger partial charge >= 0.3 is 0 Å². The molecule has 27 heavy (non-hydrogen) atoms. The van der Waals surface area contributed by atoms with Crippen LogP contribution < -0.4 is 4.90 Å². The maximum atomic E-state index is 12.8. The molecule has 3 heterocycles. The normalized spacial score (nSPS) is 16.2. The molecule has 1 saturated heterocycles. The summed E-state index contributed by atoms with van der Waals surface area (Å²) in [6.45, 7) is 11.4.